The summed E-state index contributed by atoms with van der Waals surface area (Å²) < 4.78 is 26.4. The van der Waals surface area contributed by atoms with Crippen molar-refractivity contribution in [3.63, 3.8) is 0 Å². The average Bonchev–Trinajstić information content (AvgIpc) is 2.47. The number of sulfonamides is 1. The molecule has 0 aromatic heterocycles. The van der Waals surface area contributed by atoms with E-state index in [9.17, 15) is 13.2 Å². The predicted molar refractivity (Wildman–Crippen MR) is 79.8 cm³/mol. The highest BCUT2D eigenvalue weighted by Gasteiger charge is 2.32. The Hall–Kier alpha value is -1.44. The second kappa shape index (κ2) is 6.55. The topological polar surface area (TPSA) is 69.7 Å². The lowest BCUT2D eigenvalue weighted by Crippen LogP contribution is -2.46. The third-order valence-corrected chi connectivity index (χ3v) is 5.45. The molecule has 1 heterocycles. The van der Waals surface area contributed by atoms with Gasteiger partial charge in [0.05, 0.1) is 4.90 Å². The third-order valence-electron chi connectivity index (χ3n) is 3.54. The monoisotopic (exact) mass is 311 g/mol. The molecular formula is C14H21N3O3S. The molecular weight excluding hydrogens is 290 g/mol. The molecule has 0 atom stereocenters. The van der Waals surface area contributed by atoms with Crippen molar-refractivity contribution in [3.8, 4) is 0 Å². The summed E-state index contributed by atoms with van der Waals surface area (Å²) >= 11 is 0. The molecule has 1 amide bonds. The molecule has 7 heteroatoms. The first-order valence-electron chi connectivity index (χ1n) is 6.94. The van der Waals surface area contributed by atoms with E-state index in [1.165, 1.54) is 4.31 Å². The predicted octanol–water partition coefficient (Wildman–Crippen LogP) is 0.680. The summed E-state index contributed by atoms with van der Waals surface area (Å²) in [6.07, 6.45) is 1.09. The van der Waals surface area contributed by atoms with E-state index >= 15 is 0 Å². The molecule has 0 aliphatic carbocycles. The zero-order valence-corrected chi connectivity index (χ0v) is 13.1. The summed E-state index contributed by atoms with van der Waals surface area (Å²) in [6, 6.07) is 8.41. The lowest BCUT2D eigenvalue weighted by molar-refractivity contribution is -0.130. The van der Waals surface area contributed by atoms with E-state index in [1.807, 2.05) is 0 Å². The smallest absolute Gasteiger partial charge is 0.243 e. The Morgan fingerprint density at radius 1 is 1.19 bits per heavy atom. The van der Waals surface area contributed by atoms with Crippen LogP contribution in [0.5, 0.6) is 0 Å². The van der Waals surface area contributed by atoms with Gasteiger partial charge in [-0.3, -0.25) is 10.2 Å². The van der Waals surface area contributed by atoms with Gasteiger partial charge in [0.25, 0.3) is 0 Å². The first kappa shape index (κ1) is 15.9. The van der Waals surface area contributed by atoms with E-state index in [-0.39, 0.29) is 11.8 Å². The minimum Gasteiger partial charge on any atom is -0.289 e. The maximum atomic E-state index is 12.5. The second-order valence-corrected chi connectivity index (χ2v) is 7.30. The van der Waals surface area contributed by atoms with Gasteiger partial charge < -0.3 is 0 Å². The maximum absolute atomic E-state index is 12.5. The molecule has 116 valence electrons. The number of nitrogens with zero attached hydrogens (tertiary/aromatic N) is 2. The van der Waals surface area contributed by atoms with Gasteiger partial charge in [-0.1, -0.05) is 18.2 Å². The first-order valence-corrected chi connectivity index (χ1v) is 8.38. The van der Waals surface area contributed by atoms with Crippen LogP contribution < -0.4 is 5.43 Å². The van der Waals surface area contributed by atoms with Gasteiger partial charge in [-0.2, -0.15) is 4.31 Å². The molecule has 1 aromatic carbocycles. The van der Waals surface area contributed by atoms with Crippen LogP contribution in [0.3, 0.4) is 0 Å². The van der Waals surface area contributed by atoms with E-state index < -0.39 is 10.0 Å². The van der Waals surface area contributed by atoms with Gasteiger partial charge in [-0.15, -0.1) is 0 Å². The van der Waals surface area contributed by atoms with Crippen LogP contribution >= 0.6 is 0 Å². The molecule has 1 saturated heterocycles. The van der Waals surface area contributed by atoms with E-state index in [4.69, 9.17) is 0 Å². The third kappa shape index (κ3) is 3.81. The molecule has 21 heavy (non-hydrogen) atoms. The number of hydrogen-bond donors (Lipinski definition) is 1. The summed E-state index contributed by atoms with van der Waals surface area (Å²) in [6.45, 7) is 0.755. The van der Waals surface area contributed by atoms with Crippen LogP contribution in [0, 0.1) is 5.92 Å². The minimum atomic E-state index is -3.44. The first-order chi connectivity index (χ1) is 9.91. The van der Waals surface area contributed by atoms with Crippen LogP contribution in [0.25, 0.3) is 0 Å². The van der Waals surface area contributed by atoms with Crippen LogP contribution in [0.15, 0.2) is 35.2 Å². The normalized spacial score (nSPS) is 17.9. The van der Waals surface area contributed by atoms with E-state index in [0.717, 1.165) is 0 Å². The van der Waals surface area contributed by atoms with Crippen molar-refractivity contribution in [2.45, 2.75) is 17.7 Å². The standard InChI is InChI=1S/C14H21N3O3S/c1-16(2)15-14(18)12-8-10-17(11-9-12)21(19,20)13-6-4-3-5-7-13/h3-7,12H,8-11H2,1-2H3,(H,15,18). The number of hydrogen-bond acceptors (Lipinski definition) is 4. The number of carbonyl (C=O) groups excluding carboxylic acids is 1. The maximum Gasteiger partial charge on any atom is 0.243 e. The average molecular weight is 311 g/mol. The molecule has 1 fully saturated rings. The van der Waals surface area contributed by atoms with Crippen LogP contribution in [0.1, 0.15) is 12.8 Å². The van der Waals surface area contributed by atoms with Gasteiger partial charge in [0, 0.05) is 33.1 Å². The van der Waals surface area contributed by atoms with Crippen molar-refractivity contribution >= 4 is 15.9 Å². The number of rotatable bonds is 4. The zero-order chi connectivity index (χ0) is 15.5. The Morgan fingerprint density at radius 2 is 1.76 bits per heavy atom. The second-order valence-electron chi connectivity index (χ2n) is 5.36. The van der Waals surface area contributed by atoms with Crippen molar-refractivity contribution in [2.75, 3.05) is 27.2 Å². The van der Waals surface area contributed by atoms with Crippen molar-refractivity contribution in [1.82, 2.24) is 14.7 Å². The number of nitrogens with one attached hydrogen (secondary N) is 1. The lowest BCUT2D eigenvalue weighted by Gasteiger charge is -2.31. The fourth-order valence-electron chi connectivity index (χ4n) is 2.41. The van der Waals surface area contributed by atoms with E-state index in [2.05, 4.69) is 5.43 Å². The molecule has 2 rings (SSSR count). The highest BCUT2D eigenvalue weighted by atomic mass is 32.2. The Bertz CT molecular complexity index is 579. The lowest BCUT2D eigenvalue weighted by atomic mass is 9.98. The summed E-state index contributed by atoms with van der Waals surface area (Å²) in [5, 5.41) is 1.61. The SMILES string of the molecule is CN(C)NC(=O)C1CCN(S(=O)(=O)c2ccccc2)CC1. The van der Waals surface area contributed by atoms with Gasteiger partial charge in [0.15, 0.2) is 0 Å². The van der Waals surface area contributed by atoms with E-state index in [1.54, 1.807) is 49.4 Å². The summed E-state index contributed by atoms with van der Waals surface area (Å²) in [7, 11) is 0.0707. The minimum absolute atomic E-state index is 0.0447. The summed E-state index contributed by atoms with van der Waals surface area (Å²) in [4.78, 5) is 12.2. The number of hydrazine groups is 1. The Kier molecular flexibility index (Phi) is 4.97. The fourth-order valence-corrected chi connectivity index (χ4v) is 3.90. The molecule has 1 aliphatic heterocycles. The fraction of sp³-hybridized carbons (Fsp3) is 0.500. The number of carbonyl (C=O) groups is 1. The largest absolute Gasteiger partial charge is 0.289 e. The quantitative estimate of drug-likeness (QED) is 0.830. The van der Waals surface area contributed by atoms with Crippen LogP contribution in [-0.4, -0.2) is 50.8 Å². The van der Waals surface area contributed by atoms with Gasteiger partial charge in [-0.25, -0.2) is 13.4 Å². The van der Waals surface area contributed by atoms with Crippen LogP contribution in [-0.2, 0) is 14.8 Å². The molecule has 1 aromatic rings. The molecule has 6 nitrogen and oxygen atoms in total. The van der Waals surface area contributed by atoms with E-state index in [0.29, 0.717) is 30.8 Å². The number of piperidine rings is 1. The Morgan fingerprint density at radius 3 is 2.29 bits per heavy atom. The van der Waals surface area contributed by atoms with Crippen molar-refractivity contribution in [2.24, 2.45) is 5.92 Å². The van der Waals surface area contributed by atoms with Gasteiger partial charge in [0.2, 0.25) is 15.9 Å². The highest BCUT2D eigenvalue weighted by molar-refractivity contribution is 7.89. The molecule has 0 saturated carbocycles. The number of amides is 1. The van der Waals surface area contributed by atoms with Gasteiger partial charge >= 0.3 is 0 Å². The zero-order valence-electron chi connectivity index (χ0n) is 12.3. The van der Waals surface area contributed by atoms with Crippen molar-refractivity contribution in [1.29, 1.82) is 0 Å². The van der Waals surface area contributed by atoms with Crippen LogP contribution in [0.2, 0.25) is 0 Å². The molecule has 1 N–H and O–H groups in total. The van der Waals surface area contributed by atoms with Crippen molar-refractivity contribution < 1.29 is 13.2 Å². The molecule has 0 unspecified atom stereocenters. The molecule has 1 aliphatic rings. The van der Waals surface area contributed by atoms with Gasteiger partial charge in [0.1, 0.15) is 0 Å². The Balaban J connectivity index is 2.00. The molecule has 0 radical (unpaired) electrons. The molecule has 0 bridgehead atoms. The summed E-state index contributed by atoms with van der Waals surface area (Å²) in [5.74, 6) is -0.175. The highest BCUT2D eigenvalue weighted by Crippen LogP contribution is 2.23. The number of benzene rings is 1. The Labute approximate surface area is 125 Å². The van der Waals surface area contributed by atoms with Gasteiger partial charge in [-0.05, 0) is 25.0 Å². The van der Waals surface area contributed by atoms with Crippen LogP contribution in [0.4, 0.5) is 0 Å². The molecule has 0 spiro atoms. The summed E-state index contributed by atoms with van der Waals surface area (Å²) in [5.41, 5.74) is 2.72. The van der Waals surface area contributed by atoms with Crippen molar-refractivity contribution in [3.05, 3.63) is 30.3 Å².